The van der Waals surface area contributed by atoms with Crippen molar-refractivity contribution in [2.45, 2.75) is 26.9 Å². The van der Waals surface area contributed by atoms with E-state index in [-0.39, 0.29) is 12.4 Å². The van der Waals surface area contributed by atoms with E-state index in [1.54, 1.807) is 13.0 Å². The smallest absolute Gasteiger partial charge is 0.307 e. The highest BCUT2D eigenvalue weighted by atomic mass is 35.5. The number of esters is 1. The zero-order valence-electron chi connectivity index (χ0n) is 11.1. The molecule has 1 aromatic heterocycles. The van der Waals surface area contributed by atoms with Crippen LogP contribution in [0.2, 0.25) is 5.15 Å². The summed E-state index contributed by atoms with van der Waals surface area (Å²) < 4.78 is 10.0. The molecule has 0 aromatic carbocycles. The summed E-state index contributed by atoms with van der Waals surface area (Å²) in [5.41, 5.74) is 0. The summed E-state index contributed by atoms with van der Waals surface area (Å²) in [5.74, 6) is 0.830. The van der Waals surface area contributed by atoms with Gasteiger partial charge in [0.05, 0.1) is 13.0 Å². The highest BCUT2D eigenvalue weighted by Crippen LogP contribution is 2.12. The molecule has 0 aliphatic rings. The van der Waals surface area contributed by atoms with Gasteiger partial charge >= 0.3 is 5.97 Å². The standard InChI is InChI=1S/C12H18ClN3O3/c1-3-18-8-11-15-9(13)7-10(16-11)14-6-5-12(17)19-4-2/h7H,3-6,8H2,1-2H3,(H,14,15,16). The number of nitrogens with zero attached hydrogens (tertiary/aromatic N) is 2. The number of hydrogen-bond acceptors (Lipinski definition) is 6. The van der Waals surface area contributed by atoms with Gasteiger partial charge in [0.25, 0.3) is 0 Å². The molecular weight excluding hydrogens is 270 g/mol. The van der Waals surface area contributed by atoms with Gasteiger partial charge in [0, 0.05) is 19.2 Å². The van der Waals surface area contributed by atoms with Crippen molar-refractivity contribution >= 4 is 23.4 Å². The van der Waals surface area contributed by atoms with Gasteiger partial charge in [-0.25, -0.2) is 9.97 Å². The van der Waals surface area contributed by atoms with Crippen molar-refractivity contribution in [1.82, 2.24) is 9.97 Å². The molecule has 19 heavy (non-hydrogen) atoms. The Balaban J connectivity index is 2.48. The second-order valence-electron chi connectivity index (χ2n) is 3.61. The Morgan fingerprint density at radius 3 is 2.84 bits per heavy atom. The largest absolute Gasteiger partial charge is 0.466 e. The molecular formula is C12H18ClN3O3. The molecule has 0 fully saturated rings. The Hall–Kier alpha value is -1.40. The molecule has 7 heteroatoms. The lowest BCUT2D eigenvalue weighted by atomic mass is 10.4. The summed E-state index contributed by atoms with van der Waals surface area (Å²) in [6.07, 6.45) is 0.274. The van der Waals surface area contributed by atoms with Crippen molar-refractivity contribution < 1.29 is 14.3 Å². The van der Waals surface area contributed by atoms with Crippen LogP contribution in [0.25, 0.3) is 0 Å². The Morgan fingerprint density at radius 2 is 2.16 bits per heavy atom. The molecule has 6 nitrogen and oxygen atoms in total. The predicted octanol–water partition coefficient (Wildman–Crippen LogP) is 2.03. The third-order valence-electron chi connectivity index (χ3n) is 2.12. The van der Waals surface area contributed by atoms with Crippen LogP contribution < -0.4 is 5.32 Å². The lowest BCUT2D eigenvalue weighted by Crippen LogP contribution is -2.12. The fourth-order valence-corrected chi connectivity index (χ4v) is 1.54. The molecule has 0 saturated heterocycles. The zero-order chi connectivity index (χ0) is 14.1. The van der Waals surface area contributed by atoms with E-state index in [0.29, 0.717) is 43.2 Å². The Morgan fingerprint density at radius 1 is 1.37 bits per heavy atom. The minimum atomic E-state index is -0.246. The van der Waals surface area contributed by atoms with Gasteiger partial charge in [0.15, 0.2) is 5.82 Å². The molecule has 1 heterocycles. The summed E-state index contributed by atoms with van der Waals surface area (Å²) in [6, 6.07) is 1.60. The molecule has 0 amide bonds. The minimum absolute atomic E-state index is 0.246. The summed E-state index contributed by atoms with van der Waals surface area (Å²) in [4.78, 5) is 19.4. The van der Waals surface area contributed by atoms with Crippen LogP contribution in [-0.2, 0) is 20.9 Å². The Labute approximate surface area is 117 Å². The normalized spacial score (nSPS) is 10.3. The van der Waals surface area contributed by atoms with Crippen LogP contribution in [0.15, 0.2) is 6.07 Å². The lowest BCUT2D eigenvalue weighted by Gasteiger charge is -2.07. The number of aromatic nitrogens is 2. The molecule has 1 rings (SSSR count). The van der Waals surface area contributed by atoms with Crippen LogP contribution in [-0.4, -0.2) is 35.7 Å². The quantitative estimate of drug-likeness (QED) is 0.582. The SMILES string of the molecule is CCOCc1nc(Cl)cc(NCCC(=O)OCC)n1. The molecule has 0 aliphatic carbocycles. The van der Waals surface area contributed by atoms with Crippen LogP contribution in [0.3, 0.4) is 0 Å². The van der Waals surface area contributed by atoms with Crippen molar-refractivity contribution in [2.24, 2.45) is 0 Å². The number of nitrogens with one attached hydrogen (secondary N) is 1. The first kappa shape index (κ1) is 15.7. The number of halogens is 1. The highest BCUT2D eigenvalue weighted by Gasteiger charge is 2.05. The fourth-order valence-electron chi connectivity index (χ4n) is 1.34. The van der Waals surface area contributed by atoms with Gasteiger partial charge in [-0.2, -0.15) is 0 Å². The number of carbonyl (C=O) groups is 1. The molecule has 1 N–H and O–H groups in total. The van der Waals surface area contributed by atoms with E-state index >= 15 is 0 Å². The number of ether oxygens (including phenoxy) is 2. The van der Waals surface area contributed by atoms with Crippen LogP contribution in [0, 0.1) is 0 Å². The van der Waals surface area contributed by atoms with Crippen LogP contribution in [0.4, 0.5) is 5.82 Å². The first-order valence-electron chi connectivity index (χ1n) is 6.16. The van der Waals surface area contributed by atoms with E-state index in [1.807, 2.05) is 6.92 Å². The van der Waals surface area contributed by atoms with Crippen molar-refractivity contribution in [3.05, 3.63) is 17.0 Å². The maximum Gasteiger partial charge on any atom is 0.307 e. The summed E-state index contributed by atoms with van der Waals surface area (Å²) >= 11 is 5.88. The lowest BCUT2D eigenvalue weighted by molar-refractivity contribution is -0.142. The molecule has 0 aliphatic heterocycles. The number of anilines is 1. The fraction of sp³-hybridized carbons (Fsp3) is 0.583. The minimum Gasteiger partial charge on any atom is -0.466 e. The molecule has 0 saturated carbocycles. The van der Waals surface area contributed by atoms with Crippen molar-refractivity contribution in [3.8, 4) is 0 Å². The average Bonchev–Trinajstić information content (AvgIpc) is 2.36. The van der Waals surface area contributed by atoms with E-state index in [4.69, 9.17) is 21.1 Å². The number of hydrogen-bond donors (Lipinski definition) is 1. The van der Waals surface area contributed by atoms with Gasteiger partial charge in [0.2, 0.25) is 0 Å². The monoisotopic (exact) mass is 287 g/mol. The van der Waals surface area contributed by atoms with Gasteiger partial charge in [-0.3, -0.25) is 4.79 Å². The topological polar surface area (TPSA) is 73.3 Å². The van der Waals surface area contributed by atoms with Gasteiger partial charge < -0.3 is 14.8 Å². The molecule has 0 spiro atoms. The first-order chi connectivity index (χ1) is 9.15. The maximum atomic E-state index is 11.2. The van der Waals surface area contributed by atoms with E-state index < -0.39 is 0 Å². The molecule has 0 radical (unpaired) electrons. The van der Waals surface area contributed by atoms with Gasteiger partial charge in [-0.05, 0) is 13.8 Å². The second-order valence-corrected chi connectivity index (χ2v) is 4.00. The van der Waals surface area contributed by atoms with Crippen LogP contribution in [0.5, 0.6) is 0 Å². The molecule has 106 valence electrons. The number of rotatable bonds is 8. The van der Waals surface area contributed by atoms with Crippen LogP contribution in [0.1, 0.15) is 26.1 Å². The van der Waals surface area contributed by atoms with E-state index in [9.17, 15) is 4.79 Å². The molecule has 0 atom stereocenters. The van der Waals surface area contributed by atoms with Crippen molar-refractivity contribution in [2.75, 3.05) is 25.1 Å². The Bertz CT molecular complexity index is 415. The Kier molecular flexibility index (Phi) is 7.14. The highest BCUT2D eigenvalue weighted by molar-refractivity contribution is 6.29. The molecule has 0 unspecified atom stereocenters. The summed E-state index contributed by atoms with van der Waals surface area (Å²) in [5, 5.41) is 3.34. The van der Waals surface area contributed by atoms with Gasteiger partial charge in [-0.1, -0.05) is 11.6 Å². The van der Waals surface area contributed by atoms with Crippen molar-refractivity contribution in [1.29, 1.82) is 0 Å². The summed E-state index contributed by atoms with van der Waals surface area (Å²) in [6.45, 7) is 5.38. The van der Waals surface area contributed by atoms with E-state index in [0.717, 1.165) is 0 Å². The van der Waals surface area contributed by atoms with E-state index in [2.05, 4.69) is 15.3 Å². The van der Waals surface area contributed by atoms with Gasteiger partial charge in [0.1, 0.15) is 17.6 Å². The molecule has 1 aromatic rings. The average molecular weight is 288 g/mol. The second kappa shape index (κ2) is 8.66. The maximum absolute atomic E-state index is 11.2. The van der Waals surface area contributed by atoms with E-state index in [1.165, 1.54) is 0 Å². The molecule has 0 bridgehead atoms. The third-order valence-corrected chi connectivity index (χ3v) is 2.31. The van der Waals surface area contributed by atoms with Crippen molar-refractivity contribution in [3.63, 3.8) is 0 Å². The first-order valence-corrected chi connectivity index (χ1v) is 6.54. The van der Waals surface area contributed by atoms with Crippen LogP contribution >= 0.6 is 11.6 Å². The third kappa shape index (κ3) is 6.35. The zero-order valence-corrected chi connectivity index (χ0v) is 11.9. The summed E-state index contributed by atoms with van der Waals surface area (Å²) in [7, 11) is 0. The van der Waals surface area contributed by atoms with Gasteiger partial charge in [-0.15, -0.1) is 0 Å². The predicted molar refractivity (Wildman–Crippen MR) is 72.1 cm³/mol. The number of carbonyl (C=O) groups excluding carboxylic acids is 1.